The zero-order valence-electron chi connectivity index (χ0n) is 20.3. The lowest BCUT2D eigenvalue weighted by Gasteiger charge is -2.24. The van der Waals surface area contributed by atoms with Crippen molar-refractivity contribution in [2.45, 2.75) is 19.3 Å². The summed E-state index contributed by atoms with van der Waals surface area (Å²) in [5.74, 6) is -0.852. The molecule has 1 aliphatic carbocycles. The van der Waals surface area contributed by atoms with Gasteiger partial charge in [-0.1, -0.05) is 55.1 Å². The number of para-hydroxylation sites is 1. The molecule has 1 aromatic heterocycles. The quantitative estimate of drug-likeness (QED) is 0.209. The van der Waals surface area contributed by atoms with Gasteiger partial charge in [-0.3, -0.25) is 4.79 Å². The van der Waals surface area contributed by atoms with Gasteiger partial charge in [0.15, 0.2) is 0 Å². The number of nitrogens with zero attached hydrogens (tertiary/aromatic N) is 1. The molecule has 1 heterocycles. The van der Waals surface area contributed by atoms with Gasteiger partial charge in [-0.05, 0) is 47.9 Å². The minimum Gasteiger partial charge on any atom is -0.506 e. The molecule has 0 fully saturated rings. The van der Waals surface area contributed by atoms with Crippen LogP contribution in [0.2, 0.25) is 0 Å². The number of halogens is 6. The second-order valence-corrected chi connectivity index (χ2v) is 9.05. The molecule has 0 aliphatic heterocycles. The van der Waals surface area contributed by atoms with Crippen LogP contribution in [0, 0.1) is 6.92 Å². The number of ketones is 1. The summed E-state index contributed by atoms with van der Waals surface area (Å²) in [5, 5.41) is 11.4. The Morgan fingerprint density at radius 1 is 0.897 bits per heavy atom. The average Bonchev–Trinajstić information content (AvgIpc) is 3.25. The third-order valence-corrected chi connectivity index (χ3v) is 6.67. The van der Waals surface area contributed by atoms with Gasteiger partial charge in [0.25, 0.3) is 0 Å². The Labute approximate surface area is 218 Å². The number of allylic oxidation sites excluding steroid dienone is 4. The molecule has 1 aliphatic rings. The third-order valence-electron chi connectivity index (χ3n) is 6.67. The van der Waals surface area contributed by atoms with Crippen LogP contribution in [0.15, 0.2) is 96.9 Å². The van der Waals surface area contributed by atoms with Crippen molar-refractivity contribution in [3.8, 4) is 5.69 Å². The number of fused-ring (bicyclic) bond motifs is 1. The number of hydrogen-bond donors (Lipinski definition) is 1. The predicted octanol–water partition coefficient (Wildman–Crippen LogP) is 8.47. The number of rotatable bonds is 4. The van der Waals surface area contributed by atoms with Crippen molar-refractivity contribution in [2.24, 2.45) is 0 Å². The molecule has 5 rings (SSSR count). The predicted molar refractivity (Wildman–Crippen MR) is 136 cm³/mol. The molecule has 0 saturated carbocycles. The standard InChI is InChI=1S/C30H19F6NO2/c1-3-20(21-9-5-4-8-16(21)2)25-27(38)26(28(25)39)23-15-37(24-11-7-6-10-22(23)24)19-13-17(29(31,32)33)12-18(14-19)30(34,35)36/h3-15,38H,1H2,2H3/b25-20+. The van der Waals surface area contributed by atoms with Crippen LogP contribution in [0.25, 0.3) is 27.7 Å². The lowest BCUT2D eigenvalue weighted by molar-refractivity contribution is -0.143. The van der Waals surface area contributed by atoms with E-state index in [1.165, 1.54) is 18.3 Å². The van der Waals surface area contributed by atoms with E-state index in [-0.39, 0.29) is 34.1 Å². The molecule has 0 unspecified atom stereocenters. The molecule has 0 radical (unpaired) electrons. The molecule has 39 heavy (non-hydrogen) atoms. The minimum absolute atomic E-state index is 0.0320. The first kappa shape index (κ1) is 26.1. The van der Waals surface area contributed by atoms with Crippen LogP contribution < -0.4 is 0 Å². The molecule has 1 N–H and O–H groups in total. The van der Waals surface area contributed by atoms with Crippen molar-refractivity contribution >= 4 is 27.8 Å². The van der Waals surface area contributed by atoms with Crippen LogP contribution in [0.5, 0.6) is 0 Å². The number of benzene rings is 3. The largest absolute Gasteiger partial charge is 0.506 e. The van der Waals surface area contributed by atoms with E-state index in [0.717, 1.165) is 10.1 Å². The number of aliphatic hydroxyl groups is 1. The number of carbonyl (C=O) groups is 1. The van der Waals surface area contributed by atoms with Gasteiger partial charge >= 0.3 is 12.4 Å². The Balaban J connectivity index is 1.74. The molecule has 0 saturated heterocycles. The summed E-state index contributed by atoms with van der Waals surface area (Å²) >= 11 is 0. The highest BCUT2D eigenvalue weighted by Crippen LogP contribution is 2.45. The maximum absolute atomic E-state index is 13.5. The normalized spacial score (nSPS) is 15.5. The van der Waals surface area contributed by atoms with E-state index < -0.39 is 35.0 Å². The zero-order chi connectivity index (χ0) is 28.3. The number of Topliss-reactive ketones (excluding diaryl/α,β-unsaturated/α-hetero) is 1. The maximum atomic E-state index is 13.5. The second kappa shape index (κ2) is 9.04. The van der Waals surface area contributed by atoms with Crippen LogP contribution in [0.1, 0.15) is 27.8 Å². The molecular weight excluding hydrogens is 520 g/mol. The summed E-state index contributed by atoms with van der Waals surface area (Å²) in [6.07, 6.45) is -7.33. The van der Waals surface area contributed by atoms with Crippen molar-refractivity contribution in [3.63, 3.8) is 0 Å². The zero-order valence-corrected chi connectivity index (χ0v) is 20.3. The van der Waals surface area contributed by atoms with Gasteiger partial charge in [-0.25, -0.2) is 0 Å². The van der Waals surface area contributed by atoms with Gasteiger partial charge < -0.3 is 9.67 Å². The van der Waals surface area contributed by atoms with E-state index in [4.69, 9.17) is 0 Å². The van der Waals surface area contributed by atoms with Gasteiger partial charge in [0.05, 0.1) is 27.8 Å². The Kier molecular flexibility index (Phi) is 6.05. The van der Waals surface area contributed by atoms with Gasteiger partial charge in [0.1, 0.15) is 5.76 Å². The van der Waals surface area contributed by atoms with E-state index in [0.29, 0.717) is 28.7 Å². The fourth-order valence-corrected chi connectivity index (χ4v) is 4.79. The van der Waals surface area contributed by atoms with E-state index in [9.17, 15) is 36.2 Å². The van der Waals surface area contributed by atoms with E-state index in [1.54, 1.807) is 30.3 Å². The van der Waals surface area contributed by atoms with Crippen molar-refractivity contribution in [2.75, 3.05) is 0 Å². The first-order valence-corrected chi connectivity index (χ1v) is 11.6. The van der Waals surface area contributed by atoms with E-state index >= 15 is 0 Å². The molecule has 0 atom stereocenters. The van der Waals surface area contributed by atoms with Crippen molar-refractivity contribution < 1.29 is 36.2 Å². The Morgan fingerprint density at radius 2 is 1.49 bits per heavy atom. The Morgan fingerprint density at radius 3 is 2.05 bits per heavy atom. The first-order valence-electron chi connectivity index (χ1n) is 11.6. The number of carbonyl (C=O) groups excluding carboxylic acids is 1. The number of alkyl halides is 6. The summed E-state index contributed by atoms with van der Waals surface area (Å²) in [6, 6.07) is 14.7. The van der Waals surface area contributed by atoms with Crippen LogP contribution in [-0.2, 0) is 17.1 Å². The number of aryl methyl sites for hydroxylation is 1. The highest BCUT2D eigenvalue weighted by atomic mass is 19.4. The second-order valence-electron chi connectivity index (χ2n) is 9.05. The summed E-state index contributed by atoms with van der Waals surface area (Å²) in [4.78, 5) is 13.4. The molecule has 4 aromatic rings. The highest BCUT2D eigenvalue weighted by molar-refractivity contribution is 6.42. The topological polar surface area (TPSA) is 42.2 Å². The van der Waals surface area contributed by atoms with Crippen LogP contribution in [-0.4, -0.2) is 15.5 Å². The van der Waals surface area contributed by atoms with Gasteiger partial charge in [-0.2, -0.15) is 26.3 Å². The van der Waals surface area contributed by atoms with Gasteiger partial charge in [0.2, 0.25) is 5.78 Å². The number of aliphatic hydroxyl groups excluding tert-OH is 1. The van der Waals surface area contributed by atoms with Crippen molar-refractivity contribution in [1.29, 1.82) is 0 Å². The summed E-state index contributed by atoms with van der Waals surface area (Å²) in [5.41, 5.74) is -1.00. The van der Waals surface area contributed by atoms with Crippen LogP contribution in [0.3, 0.4) is 0 Å². The summed E-state index contributed by atoms with van der Waals surface area (Å²) in [7, 11) is 0. The number of aromatic nitrogens is 1. The van der Waals surface area contributed by atoms with Gasteiger partial charge in [0, 0.05) is 22.8 Å². The summed E-state index contributed by atoms with van der Waals surface area (Å²) < 4.78 is 82.2. The molecule has 198 valence electrons. The molecule has 3 nitrogen and oxygen atoms in total. The fourth-order valence-electron chi connectivity index (χ4n) is 4.79. The smallest absolute Gasteiger partial charge is 0.416 e. The van der Waals surface area contributed by atoms with Crippen LogP contribution in [0.4, 0.5) is 26.3 Å². The molecule has 3 aromatic carbocycles. The molecule has 9 heteroatoms. The van der Waals surface area contributed by atoms with Crippen molar-refractivity contribution in [3.05, 3.63) is 125 Å². The molecule has 0 spiro atoms. The Bertz CT molecular complexity index is 1700. The number of hydrogen-bond acceptors (Lipinski definition) is 2. The minimum atomic E-state index is -5.02. The lowest BCUT2D eigenvalue weighted by atomic mass is 9.79. The fraction of sp³-hybridized carbons (Fsp3) is 0.100. The maximum Gasteiger partial charge on any atom is 0.416 e. The monoisotopic (exact) mass is 539 g/mol. The van der Waals surface area contributed by atoms with E-state index in [1.807, 2.05) is 19.1 Å². The van der Waals surface area contributed by atoms with Crippen molar-refractivity contribution in [1.82, 2.24) is 4.57 Å². The Hall–Kier alpha value is -4.53. The molecule has 0 bridgehead atoms. The van der Waals surface area contributed by atoms with Crippen LogP contribution >= 0.6 is 0 Å². The first-order chi connectivity index (χ1) is 18.3. The highest BCUT2D eigenvalue weighted by Gasteiger charge is 2.40. The van der Waals surface area contributed by atoms with E-state index in [2.05, 4.69) is 6.58 Å². The lowest BCUT2D eigenvalue weighted by Crippen LogP contribution is -2.22. The summed E-state index contributed by atoms with van der Waals surface area (Å²) in [6.45, 7) is 5.60. The molecular formula is C30H19F6NO2. The molecule has 0 amide bonds. The van der Waals surface area contributed by atoms with Gasteiger partial charge in [-0.15, -0.1) is 0 Å². The SMILES string of the molecule is C=C/C(=C1\C(=O)C(c2cn(-c3cc(C(F)(F)F)cc(C(F)(F)F)c3)c3ccccc23)=C1O)c1ccccc1C. The average molecular weight is 539 g/mol. The third kappa shape index (κ3) is 4.33.